The Kier molecular flexibility index (Phi) is 4.98. The van der Waals surface area contributed by atoms with Gasteiger partial charge in [0.1, 0.15) is 12.6 Å². The van der Waals surface area contributed by atoms with Crippen molar-refractivity contribution in [2.75, 3.05) is 20.8 Å². The summed E-state index contributed by atoms with van der Waals surface area (Å²) in [6.45, 7) is 0.226. The van der Waals surface area contributed by atoms with Crippen molar-refractivity contribution < 1.29 is 19.1 Å². The first kappa shape index (κ1) is 18.1. The van der Waals surface area contributed by atoms with Gasteiger partial charge in [-0.25, -0.2) is 0 Å². The lowest BCUT2D eigenvalue weighted by molar-refractivity contribution is -0.160. The van der Waals surface area contributed by atoms with Crippen LogP contribution in [-0.4, -0.2) is 54.5 Å². The molecule has 3 fully saturated rings. The Morgan fingerprint density at radius 1 is 0.889 bits per heavy atom. The topological polar surface area (TPSA) is 59.1 Å². The molecule has 0 radical (unpaired) electrons. The van der Waals surface area contributed by atoms with Gasteiger partial charge in [-0.2, -0.15) is 0 Å². The molecule has 6 nitrogen and oxygen atoms in total. The molecular weight excluding hydrogens is 344 g/mol. The quantitative estimate of drug-likeness (QED) is 0.797. The molecule has 3 aliphatic rings. The summed E-state index contributed by atoms with van der Waals surface area (Å²) in [5, 5.41) is 0. The number of methoxy groups -OCH3 is 2. The molecule has 146 valence electrons. The number of nitrogens with zero attached hydrogens (tertiary/aromatic N) is 2. The molecule has 1 unspecified atom stereocenters. The molecule has 27 heavy (non-hydrogen) atoms. The molecule has 1 aromatic carbocycles. The van der Waals surface area contributed by atoms with Gasteiger partial charge >= 0.3 is 0 Å². The zero-order valence-corrected chi connectivity index (χ0v) is 16.1. The summed E-state index contributed by atoms with van der Waals surface area (Å²) < 4.78 is 10.8. The fourth-order valence-electron chi connectivity index (χ4n) is 4.52. The van der Waals surface area contributed by atoms with Crippen LogP contribution in [0.15, 0.2) is 18.2 Å². The first-order valence-corrected chi connectivity index (χ1v) is 9.97. The van der Waals surface area contributed by atoms with Crippen molar-refractivity contribution in [3.05, 3.63) is 23.8 Å². The van der Waals surface area contributed by atoms with Crippen LogP contribution in [0.2, 0.25) is 0 Å². The number of hydrogen-bond donors (Lipinski definition) is 0. The lowest BCUT2D eigenvalue weighted by Gasteiger charge is -2.44. The van der Waals surface area contributed by atoms with Crippen molar-refractivity contribution >= 4 is 11.8 Å². The van der Waals surface area contributed by atoms with Gasteiger partial charge in [-0.1, -0.05) is 25.3 Å². The molecule has 1 heterocycles. The second-order valence-electron chi connectivity index (χ2n) is 7.81. The number of ether oxygens (including phenoxy) is 2. The minimum absolute atomic E-state index is 0.0561. The maximum atomic E-state index is 13.5. The van der Waals surface area contributed by atoms with Gasteiger partial charge < -0.3 is 19.3 Å². The fraction of sp³-hybridized carbons (Fsp3) is 0.619. The molecule has 1 aliphatic heterocycles. The van der Waals surface area contributed by atoms with E-state index in [1.54, 1.807) is 14.2 Å². The van der Waals surface area contributed by atoms with Crippen LogP contribution in [0.25, 0.3) is 0 Å². The zero-order chi connectivity index (χ0) is 19.0. The smallest absolute Gasteiger partial charge is 0.250 e. The standard InChI is InChI=1S/C21H28N2O4/c1-26-17-11-8-14(12-18(17)27-2)20-21(25)22(15-6-4-3-5-7-15)13-19(24)23(20)16-9-10-16/h8,11-12,15-16,20H,3-7,9-10,13H2,1-2H3. The summed E-state index contributed by atoms with van der Waals surface area (Å²) in [6.07, 6.45) is 7.45. The van der Waals surface area contributed by atoms with Gasteiger partial charge in [-0.3, -0.25) is 9.59 Å². The van der Waals surface area contributed by atoms with E-state index in [1.165, 1.54) is 6.42 Å². The number of benzene rings is 1. The summed E-state index contributed by atoms with van der Waals surface area (Å²) in [5.74, 6) is 1.34. The Balaban J connectivity index is 1.69. The molecule has 2 amide bonds. The minimum atomic E-state index is -0.555. The van der Waals surface area contributed by atoms with Gasteiger partial charge in [-0.05, 0) is 43.4 Å². The lowest BCUT2D eigenvalue weighted by Crippen LogP contribution is -2.59. The van der Waals surface area contributed by atoms with Crippen LogP contribution >= 0.6 is 0 Å². The molecule has 0 N–H and O–H groups in total. The van der Waals surface area contributed by atoms with Crippen LogP contribution in [0.3, 0.4) is 0 Å². The van der Waals surface area contributed by atoms with Gasteiger partial charge in [0.2, 0.25) is 5.91 Å². The molecule has 0 aromatic heterocycles. The number of hydrogen-bond acceptors (Lipinski definition) is 4. The van der Waals surface area contributed by atoms with Crippen molar-refractivity contribution in [3.63, 3.8) is 0 Å². The van der Waals surface area contributed by atoms with E-state index in [4.69, 9.17) is 9.47 Å². The average Bonchev–Trinajstić information content (AvgIpc) is 3.54. The maximum Gasteiger partial charge on any atom is 0.250 e. The van der Waals surface area contributed by atoms with Gasteiger partial charge in [0.25, 0.3) is 5.91 Å². The first-order valence-electron chi connectivity index (χ1n) is 9.97. The molecule has 0 bridgehead atoms. The van der Waals surface area contributed by atoms with E-state index in [-0.39, 0.29) is 30.4 Å². The molecule has 1 atom stereocenters. The zero-order valence-electron chi connectivity index (χ0n) is 16.1. The van der Waals surface area contributed by atoms with Crippen LogP contribution in [-0.2, 0) is 9.59 Å². The van der Waals surface area contributed by atoms with Crippen molar-refractivity contribution in [2.24, 2.45) is 0 Å². The summed E-state index contributed by atoms with van der Waals surface area (Å²) in [6, 6.07) is 5.37. The van der Waals surface area contributed by atoms with Crippen LogP contribution in [0.5, 0.6) is 11.5 Å². The van der Waals surface area contributed by atoms with Gasteiger partial charge in [0, 0.05) is 12.1 Å². The first-order chi connectivity index (χ1) is 13.1. The predicted octanol–water partition coefficient (Wildman–Crippen LogP) is 2.91. The van der Waals surface area contributed by atoms with E-state index in [0.29, 0.717) is 11.5 Å². The third-order valence-electron chi connectivity index (χ3n) is 6.07. The van der Waals surface area contributed by atoms with Crippen molar-refractivity contribution in [3.8, 4) is 11.5 Å². The van der Waals surface area contributed by atoms with Crippen molar-refractivity contribution in [1.82, 2.24) is 9.80 Å². The lowest BCUT2D eigenvalue weighted by atomic mass is 9.91. The van der Waals surface area contributed by atoms with E-state index < -0.39 is 6.04 Å². The molecule has 2 saturated carbocycles. The average molecular weight is 372 g/mol. The highest BCUT2D eigenvalue weighted by Crippen LogP contribution is 2.41. The highest BCUT2D eigenvalue weighted by Gasteiger charge is 2.48. The van der Waals surface area contributed by atoms with Gasteiger partial charge in [0.15, 0.2) is 11.5 Å². The number of carbonyl (C=O) groups is 2. The van der Waals surface area contributed by atoms with Gasteiger partial charge in [-0.15, -0.1) is 0 Å². The Morgan fingerprint density at radius 3 is 2.22 bits per heavy atom. The number of carbonyl (C=O) groups excluding carboxylic acids is 2. The maximum absolute atomic E-state index is 13.5. The van der Waals surface area contributed by atoms with E-state index >= 15 is 0 Å². The van der Waals surface area contributed by atoms with Crippen LogP contribution in [0, 0.1) is 0 Å². The summed E-state index contributed by atoms with van der Waals surface area (Å²) in [5.41, 5.74) is 0.804. The normalized spacial score (nSPS) is 24.3. The van der Waals surface area contributed by atoms with Crippen molar-refractivity contribution in [2.45, 2.75) is 63.1 Å². The highest BCUT2D eigenvalue weighted by molar-refractivity contribution is 5.96. The highest BCUT2D eigenvalue weighted by atomic mass is 16.5. The molecular formula is C21H28N2O4. The van der Waals surface area contributed by atoms with E-state index in [2.05, 4.69) is 0 Å². The Morgan fingerprint density at radius 2 is 1.59 bits per heavy atom. The number of piperazine rings is 1. The molecule has 6 heteroatoms. The largest absolute Gasteiger partial charge is 0.493 e. The third kappa shape index (κ3) is 3.37. The van der Waals surface area contributed by atoms with E-state index in [1.807, 2.05) is 28.0 Å². The fourth-order valence-corrected chi connectivity index (χ4v) is 4.52. The van der Waals surface area contributed by atoms with E-state index in [9.17, 15) is 9.59 Å². The third-order valence-corrected chi connectivity index (χ3v) is 6.07. The van der Waals surface area contributed by atoms with Crippen LogP contribution in [0.1, 0.15) is 56.6 Å². The summed E-state index contributed by atoms with van der Waals surface area (Å²) >= 11 is 0. The summed E-state index contributed by atoms with van der Waals surface area (Å²) in [7, 11) is 3.18. The SMILES string of the molecule is COc1ccc(C2C(=O)N(C3CCCCC3)CC(=O)N2C2CC2)cc1OC. The number of rotatable bonds is 5. The molecule has 4 rings (SSSR count). The van der Waals surface area contributed by atoms with Crippen LogP contribution in [0.4, 0.5) is 0 Å². The molecule has 1 saturated heterocycles. The molecule has 1 aromatic rings. The minimum Gasteiger partial charge on any atom is -0.493 e. The van der Waals surface area contributed by atoms with E-state index in [0.717, 1.165) is 44.1 Å². The Hall–Kier alpha value is -2.24. The van der Waals surface area contributed by atoms with Crippen molar-refractivity contribution in [1.29, 1.82) is 0 Å². The van der Waals surface area contributed by atoms with Gasteiger partial charge in [0.05, 0.1) is 14.2 Å². The summed E-state index contributed by atoms with van der Waals surface area (Å²) in [4.78, 5) is 30.2. The second kappa shape index (κ2) is 7.41. The number of amides is 2. The second-order valence-corrected chi connectivity index (χ2v) is 7.81. The Labute approximate surface area is 160 Å². The molecule has 2 aliphatic carbocycles. The monoisotopic (exact) mass is 372 g/mol. The molecule has 0 spiro atoms. The Bertz CT molecular complexity index is 725. The van der Waals surface area contributed by atoms with Crippen LogP contribution < -0.4 is 9.47 Å². The predicted molar refractivity (Wildman–Crippen MR) is 101 cm³/mol.